The summed E-state index contributed by atoms with van der Waals surface area (Å²) in [6.07, 6.45) is -6.35. The zero-order chi connectivity index (χ0) is 11.7. The summed E-state index contributed by atoms with van der Waals surface area (Å²) in [6, 6.07) is 0. The number of carboxylic acids is 1. The van der Waals surface area contributed by atoms with Crippen LogP contribution in [-0.4, -0.2) is 28.5 Å². The van der Waals surface area contributed by atoms with Crippen molar-refractivity contribution in [1.29, 1.82) is 0 Å². The molecule has 2 N–H and O–H groups in total. The summed E-state index contributed by atoms with van der Waals surface area (Å²) in [5, 5.41) is 17.8. The fraction of sp³-hybridized carbons (Fsp3) is 0.889. The first-order valence-electron chi connectivity index (χ1n) is 4.76. The second-order valence-corrected chi connectivity index (χ2v) is 4.05. The molecule has 0 saturated heterocycles. The molecule has 88 valence electrons. The van der Waals surface area contributed by atoms with E-state index in [2.05, 4.69) is 0 Å². The highest BCUT2D eigenvalue weighted by Gasteiger charge is 2.49. The lowest BCUT2D eigenvalue weighted by Gasteiger charge is -2.27. The summed E-state index contributed by atoms with van der Waals surface area (Å²) in [6.45, 7) is 0. The predicted octanol–water partition coefficient (Wildman–Crippen LogP) is 1.94. The molecule has 1 aliphatic rings. The summed E-state index contributed by atoms with van der Waals surface area (Å²) >= 11 is 0. The van der Waals surface area contributed by atoms with Crippen molar-refractivity contribution in [1.82, 2.24) is 0 Å². The molecule has 0 radical (unpaired) electrons. The Kier molecular flexibility index (Phi) is 3.28. The van der Waals surface area contributed by atoms with E-state index in [0.29, 0.717) is 12.8 Å². The third-order valence-corrected chi connectivity index (χ3v) is 2.98. The van der Waals surface area contributed by atoms with Crippen LogP contribution in [0.25, 0.3) is 0 Å². The molecule has 0 aliphatic heterocycles. The summed E-state index contributed by atoms with van der Waals surface area (Å²) in [5.41, 5.74) is -1.38. The van der Waals surface area contributed by atoms with Gasteiger partial charge in [-0.05, 0) is 19.3 Å². The number of carboxylic acid groups (broad SMARTS) is 1. The van der Waals surface area contributed by atoms with Crippen LogP contribution in [0.2, 0.25) is 0 Å². The van der Waals surface area contributed by atoms with Gasteiger partial charge in [-0.3, -0.25) is 4.79 Å². The Morgan fingerprint density at radius 2 is 1.80 bits per heavy atom. The highest BCUT2D eigenvalue weighted by atomic mass is 19.4. The van der Waals surface area contributed by atoms with Gasteiger partial charge >= 0.3 is 12.1 Å². The highest BCUT2D eigenvalue weighted by molar-refractivity contribution is 5.75. The largest absolute Gasteiger partial charge is 0.481 e. The number of hydrogen-bond acceptors (Lipinski definition) is 2. The van der Waals surface area contributed by atoms with Gasteiger partial charge < -0.3 is 10.2 Å². The van der Waals surface area contributed by atoms with Crippen LogP contribution in [-0.2, 0) is 4.79 Å². The number of aliphatic hydroxyl groups is 1. The predicted molar refractivity (Wildman–Crippen MR) is 45.2 cm³/mol. The monoisotopic (exact) mass is 226 g/mol. The van der Waals surface area contributed by atoms with Gasteiger partial charge in [-0.15, -0.1) is 0 Å². The van der Waals surface area contributed by atoms with E-state index in [1.54, 1.807) is 0 Å². The van der Waals surface area contributed by atoms with Crippen LogP contribution in [0.4, 0.5) is 13.2 Å². The second kappa shape index (κ2) is 4.00. The smallest absolute Gasteiger partial charge is 0.414 e. The number of aliphatic carboxylic acids is 1. The molecule has 0 heterocycles. The zero-order valence-electron chi connectivity index (χ0n) is 8.05. The van der Waals surface area contributed by atoms with Gasteiger partial charge in [0, 0.05) is 0 Å². The molecule has 1 saturated carbocycles. The lowest BCUT2D eigenvalue weighted by Crippen LogP contribution is -2.38. The normalized spacial score (nSPS) is 22.7. The van der Waals surface area contributed by atoms with Gasteiger partial charge in [0.2, 0.25) is 0 Å². The van der Waals surface area contributed by atoms with Crippen LogP contribution in [0.1, 0.15) is 32.1 Å². The van der Waals surface area contributed by atoms with Crippen molar-refractivity contribution in [2.45, 2.75) is 44.4 Å². The van der Waals surface area contributed by atoms with Crippen LogP contribution >= 0.6 is 0 Å². The Labute approximate surface area is 84.9 Å². The molecule has 1 aliphatic carbocycles. The van der Waals surface area contributed by atoms with Crippen molar-refractivity contribution in [3.8, 4) is 0 Å². The minimum atomic E-state index is -4.73. The van der Waals surface area contributed by atoms with Crippen LogP contribution in [0.15, 0.2) is 0 Å². The average Bonchev–Trinajstić information content (AvgIpc) is 2.52. The van der Waals surface area contributed by atoms with Gasteiger partial charge in [-0.25, -0.2) is 0 Å². The van der Waals surface area contributed by atoms with E-state index in [-0.39, 0.29) is 12.8 Å². The van der Waals surface area contributed by atoms with E-state index >= 15 is 0 Å². The molecule has 1 rings (SSSR count). The Balaban J connectivity index is 2.72. The summed E-state index contributed by atoms with van der Waals surface area (Å²) < 4.78 is 36.3. The van der Waals surface area contributed by atoms with Crippen molar-refractivity contribution >= 4 is 5.97 Å². The second-order valence-electron chi connectivity index (χ2n) is 4.05. The van der Waals surface area contributed by atoms with Crippen LogP contribution < -0.4 is 0 Å². The third kappa shape index (κ3) is 2.62. The van der Waals surface area contributed by atoms with Gasteiger partial charge in [-0.1, -0.05) is 12.8 Å². The number of aliphatic hydroxyl groups excluding tert-OH is 1. The summed E-state index contributed by atoms with van der Waals surface area (Å²) in [5.74, 6) is -1.23. The maximum Gasteiger partial charge on any atom is 0.414 e. The summed E-state index contributed by atoms with van der Waals surface area (Å²) in [4.78, 5) is 10.9. The first-order valence-corrected chi connectivity index (χ1v) is 4.76. The molecule has 0 aromatic rings. The lowest BCUT2D eigenvalue weighted by molar-refractivity contribution is -0.214. The van der Waals surface area contributed by atoms with E-state index in [9.17, 15) is 18.0 Å². The van der Waals surface area contributed by atoms with Crippen molar-refractivity contribution in [3.05, 3.63) is 0 Å². The fourth-order valence-corrected chi connectivity index (χ4v) is 2.04. The number of hydrogen-bond donors (Lipinski definition) is 2. The van der Waals surface area contributed by atoms with E-state index in [1.807, 2.05) is 0 Å². The topological polar surface area (TPSA) is 57.5 Å². The number of alkyl halides is 3. The molecule has 0 spiro atoms. The third-order valence-electron chi connectivity index (χ3n) is 2.98. The fourth-order valence-electron chi connectivity index (χ4n) is 2.04. The standard InChI is InChI=1S/C9H13F3O3/c10-9(11,12)6(13)5-8(7(14)15)3-1-2-4-8/h6,13H,1-5H2,(H,14,15). The van der Waals surface area contributed by atoms with Gasteiger partial charge in [0.05, 0.1) is 5.41 Å². The van der Waals surface area contributed by atoms with E-state index in [0.717, 1.165) is 0 Å². The Hall–Kier alpha value is -0.780. The van der Waals surface area contributed by atoms with Crippen molar-refractivity contribution in [2.24, 2.45) is 5.41 Å². The molecule has 15 heavy (non-hydrogen) atoms. The molecule has 1 unspecified atom stereocenters. The van der Waals surface area contributed by atoms with Gasteiger partial charge in [0.1, 0.15) is 0 Å². The quantitative estimate of drug-likeness (QED) is 0.773. The van der Waals surface area contributed by atoms with E-state index in [4.69, 9.17) is 10.2 Å². The minimum Gasteiger partial charge on any atom is -0.481 e. The molecule has 0 aromatic heterocycles. The molecule has 1 atom stereocenters. The molecular formula is C9H13F3O3. The molecular weight excluding hydrogens is 213 g/mol. The van der Waals surface area contributed by atoms with Crippen LogP contribution in [0.5, 0.6) is 0 Å². The molecule has 6 heteroatoms. The summed E-state index contributed by atoms with van der Waals surface area (Å²) in [7, 11) is 0. The van der Waals surface area contributed by atoms with Crippen LogP contribution in [0.3, 0.4) is 0 Å². The first kappa shape index (κ1) is 12.3. The lowest BCUT2D eigenvalue weighted by atomic mass is 9.80. The Morgan fingerprint density at radius 1 is 1.33 bits per heavy atom. The number of carbonyl (C=O) groups is 1. The Morgan fingerprint density at radius 3 is 2.13 bits per heavy atom. The molecule has 0 amide bonds. The SMILES string of the molecule is O=C(O)C1(CC(O)C(F)(F)F)CCCC1. The number of halogens is 3. The highest BCUT2D eigenvalue weighted by Crippen LogP contribution is 2.44. The molecule has 0 aromatic carbocycles. The first-order chi connectivity index (χ1) is 6.78. The molecule has 0 bridgehead atoms. The van der Waals surface area contributed by atoms with E-state index in [1.165, 1.54) is 0 Å². The Bertz CT molecular complexity index is 243. The number of rotatable bonds is 3. The zero-order valence-corrected chi connectivity index (χ0v) is 8.05. The van der Waals surface area contributed by atoms with Crippen LogP contribution in [0, 0.1) is 5.41 Å². The molecule has 3 nitrogen and oxygen atoms in total. The van der Waals surface area contributed by atoms with Crippen molar-refractivity contribution in [3.63, 3.8) is 0 Å². The molecule has 1 fully saturated rings. The van der Waals surface area contributed by atoms with Crippen molar-refractivity contribution < 1.29 is 28.2 Å². The maximum atomic E-state index is 12.1. The van der Waals surface area contributed by atoms with Gasteiger partial charge in [0.25, 0.3) is 0 Å². The van der Waals surface area contributed by atoms with Gasteiger partial charge in [0.15, 0.2) is 6.10 Å². The maximum absolute atomic E-state index is 12.1. The average molecular weight is 226 g/mol. The minimum absolute atomic E-state index is 0.218. The van der Waals surface area contributed by atoms with E-state index < -0.39 is 30.1 Å². The van der Waals surface area contributed by atoms with Crippen molar-refractivity contribution in [2.75, 3.05) is 0 Å². The van der Waals surface area contributed by atoms with Gasteiger partial charge in [-0.2, -0.15) is 13.2 Å².